The molecule has 54 heavy (non-hydrogen) atoms. The number of hydrogen-bond acceptors (Lipinski definition) is 4. The van der Waals surface area contributed by atoms with Gasteiger partial charge in [0.15, 0.2) is 0 Å². The fourth-order valence-electron chi connectivity index (χ4n) is 7.41. The first-order valence-electron chi connectivity index (χ1n) is 18.4. The van der Waals surface area contributed by atoms with Gasteiger partial charge in [-0.05, 0) is 88.0 Å². The minimum atomic E-state index is -4.63. The SMILES string of the molecule is C[C@@H]1CCCCN1Cc1ccc(OCc2cccc(-c3cccc(COc4ccc(CN5CCCC[C@H]5C)cc4C(F)(F)F)c3Cl)c2Cl)c(C(F)(F)F)c1. The van der Waals surface area contributed by atoms with Crippen LogP contribution >= 0.6 is 23.2 Å². The zero-order valence-corrected chi connectivity index (χ0v) is 31.8. The summed E-state index contributed by atoms with van der Waals surface area (Å²) in [6.07, 6.45) is -2.93. The summed E-state index contributed by atoms with van der Waals surface area (Å²) < 4.78 is 96.9. The van der Waals surface area contributed by atoms with Gasteiger partial charge in [-0.15, -0.1) is 0 Å². The molecular weight excluding hydrogens is 749 g/mol. The van der Waals surface area contributed by atoms with E-state index in [1.54, 1.807) is 48.5 Å². The van der Waals surface area contributed by atoms with E-state index < -0.39 is 23.5 Å². The summed E-state index contributed by atoms with van der Waals surface area (Å²) in [5.41, 5.74) is 1.26. The van der Waals surface area contributed by atoms with Crippen molar-refractivity contribution < 1.29 is 35.8 Å². The van der Waals surface area contributed by atoms with E-state index in [0.29, 0.717) is 58.6 Å². The van der Waals surface area contributed by atoms with Gasteiger partial charge in [-0.2, -0.15) is 26.3 Å². The van der Waals surface area contributed by atoms with Gasteiger partial charge in [-0.3, -0.25) is 9.80 Å². The third-order valence-corrected chi connectivity index (χ3v) is 11.5. The van der Waals surface area contributed by atoms with Gasteiger partial charge in [-0.25, -0.2) is 0 Å². The predicted octanol–water partition coefficient (Wildman–Crippen LogP) is 12.6. The number of piperidine rings is 2. The lowest BCUT2D eigenvalue weighted by atomic mass is 10.0. The van der Waals surface area contributed by atoms with Gasteiger partial charge >= 0.3 is 12.4 Å². The molecule has 6 rings (SSSR count). The monoisotopic (exact) mass is 792 g/mol. The quantitative estimate of drug-likeness (QED) is 0.141. The van der Waals surface area contributed by atoms with Gasteiger partial charge in [0, 0.05) is 47.4 Å². The highest BCUT2D eigenvalue weighted by Crippen LogP contribution is 2.41. The van der Waals surface area contributed by atoms with Gasteiger partial charge in [0.25, 0.3) is 0 Å². The molecule has 2 atom stereocenters. The van der Waals surface area contributed by atoms with Gasteiger partial charge < -0.3 is 9.47 Å². The van der Waals surface area contributed by atoms with E-state index in [0.717, 1.165) is 63.7 Å². The van der Waals surface area contributed by atoms with Crippen molar-refractivity contribution in [3.05, 3.63) is 116 Å². The summed E-state index contributed by atoms with van der Waals surface area (Å²) in [6.45, 7) is 6.26. The van der Waals surface area contributed by atoms with Crippen molar-refractivity contribution in [3.8, 4) is 22.6 Å². The Balaban J connectivity index is 1.17. The van der Waals surface area contributed by atoms with E-state index in [-0.39, 0.29) is 34.8 Å². The number of ether oxygens (including phenoxy) is 2. The molecule has 0 aromatic heterocycles. The average Bonchev–Trinajstić information content (AvgIpc) is 3.13. The Morgan fingerprint density at radius 2 is 1.00 bits per heavy atom. The number of likely N-dealkylation sites (tertiary alicyclic amines) is 2. The standard InChI is InChI=1S/C42H44Cl2F6N2O2/c1-27-9-3-5-19-51(27)23-29-15-17-37(35(21-29)41(45,46)47)53-25-31-11-7-13-33(39(31)43)34-14-8-12-32(40(34)44)26-54-38-18-16-30(22-36(38)42(48,49)50)24-52-20-6-4-10-28(52)2/h7-8,11-18,21-22,27-28H,3-6,9-10,19-20,23-26H2,1-2H3/t27-,28-/m1/s1. The van der Waals surface area contributed by atoms with Crippen molar-refractivity contribution in [2.75, 3.05) is 13.1 Å². The Kier molecular flexibility index (Phi) is 12.8. The minimum absolute atomic E-state index is 0.222. The van der Waals surface area contributed by atoms with Crippen LogP contribution in [0.25, 0.3) is 11.1 Å². The second kappa shape index (κ2) is 17.1. The average molecular weight is 794 g/mol. The van der Waals surface area contributed by atoms with Gasteiger partial charge in [-0.1, -0.05) is 84.6 Å². The Morgan fingerprint density at radius 3 is 1.37 bits per heavy atom. The number of hydrogen-bond donors (Lipinski definition) is 0. The normalized spacial score (nSPS) is 18.9. The predicted molar refractivity (Wildman–Crippen MR) is 201 cm³/mol. The van der Waals surface area contributed by atoms with Crippen molar-refractivity contribution in [3.63, 3.8) is 0 Å². The summed E-state index contributed by atoms with van der Waals surface area (Å²) in [5, 5.41) is 0.444. The number of benzene rings is 4. The van der Waals surface area contributed by atoms with Crippen molar-refractivity contribution in [2.24, 2.45) is 0 Å². The maximum absolute atomic E-state index is 14.2. The molecule has 4 aromatic carbocycles. The van der Waals surface area contributed by atoms with Crippen LogP contribution in [-0.4, -0.2) is 35.0 Å². The van der Waals surface area contributed by atoms with E-state index in [1.165, 1.54) is 12.1 Å². The molecule has 2 aliphatic rings. The molecule has 2 fully saturated rings. The number of halogens is 8. The van der Waals surface area contributed by atoms with E-state index in [4.69, 9.17) is 32.7 Å². The first-order chi connectivity index (χ1) is 25.7. The number of rotatable bonds is 11. The second-order valence-corrected chi connectivity index (χ2v) is 15.2. The minimum Gasteiger partial charge on any atom is -0.488 e. The van der Waals surface area contributed by atoms with Crippen molar-refractivity contribution >= 4 is 23.2 Å². The molecule has 4 nitrogen and oxygen atoms in total. The van der Waals surface area contributed by atoms with Gasteiger partial charge in [0.1, 0.15) is 24.7 Å². The van der Waals surface area contributed by atoms with E-state index in [9.17, 15) is 26.3 Å². The highest BCUT2D eigenvalue weighted by atomic mass is 35.5. The molecule has 290 valence electrons. The lowest BCUT2D eigenvalue weighted by Crippen LogP contribution is -2.36. The maximum atomic E-state index is 14.2. The van der Waals surface area contributed by atoms with Gasteiger partial charge in [0.2, 0.25) is 0 Å². The Labute approximate surface area is 323 Å². The summed E-state index contributed by atoms with van der Waals surface area (Å²) in [4.78, 5) is 4.40. The molecule has 0 N–H and O–H groups in total. The zero-order chi connectivity index (χ0) is 38.6. The third kappa shape index (κ3) is 9.67. The van der Waals surface area contributed by atoms with Crippen LogP contribution in [0, 0.1) is 0 Å². The van der Waals surface area contributed by atoms with Gasteiger partial charge in [0.05, 0.1) is 21.2 Å². The molecule has 2 saturated heterocycles. The van der Waals surface area contributed by atoms with Crippen LogP contribution in [0.4, 0.5) is 26.3 Å². The first-order valence-corrected chi connectivity index (χ1v) is 19.1. The van der Waals surface area contributed by atoms with Crippen LogP contribution < -0.4 is 9.47 Å². The lowest BCUT2D eigenvalue weighted by Gasteiger charge is -2.33. The van der Waals surface area contributed by atoms with Crippen LogP contribution in [-0.2, 0) is 38.7 Å². The zero-order valence-electron chi connectivity index (χ0n) is 30.3. The Morgan fingerprint density at radius 1 is 0.593 bits per heavy atom. The molecule has 0 unspecified atom stereocenters. The molecule has 2 heterocycles. The van der Waals surface area contributed by atoms with Crippen LogP contribution in [0.1, 0.15) is 85.8 Å². The van der Waals surface area contributed by atoms with Crippen LogP contribution in [0.5, 0.6) is 11.5 Å². The first kappa shape index (κ1) is 40.2. The number of nitrogens with zero attached hydrogens (tertiary/aromatic N) is 2. The Hall–Kier alpha value is -3.44. The van der Waals surface area contributed by atoms with E-state index in [1.807, 2.05) is 0 Å². The molecule has 2 aliphatic heterocycles. The smallest absolute Gasteiger partial charge is 0.419 e. The molecule has 0 amide bonds. The largest absolute Gasteiger partial charge is 0.488 e. The molecule has 0 spiro atoms. The lowest BCUT2D eigenvalue weighted by molar-refractivity contribution is -0.140. The molecule has 0 saturated carbocycles. The molecule has 0 aliphatic carbocycles. The second-order valence-electron chi connectivity index (χ2n) is 14.4. The highest BCUT2D eigenvalue weighted by Gasteiger charge is 2.36. The van der Waals surface area contributed by atoms with Crippen molar-refractivity contribution in [1.29, 1.82) is 0 Å². The number of alkyl halides is 6. The van der Waals surface area contributed by atoms with Crippen molar-refractivity contribution in [1.82, 2.24) is 9.80 Å². The van der Waals surface area contributed by atoms with Crippen LogP contribution in [0.2, 0.25) is 10.0 Å². The summed E-state index contributed by atoms with van der Waals surface area (Å²) in [7, 11) is 0. The summed E-state index contributed by atoms with van der Waals surface area (Å²) in [5.74, 6) is -0.604. The topological polar surface area (TPSA) is 24.9 Å². The van der Waals surface area contributed by atoms with Crippen molar-refractivity contribution in [2.45, 2.75) is 103 Å². The fourth-order valence-corrected chi connectivity index (χ4v) is 7.97. The molecule has 12 heteroatoms. The fraction of sp³-hybridized carbons (Fsp3) is 0.429. The molecule has 4 aromatic rings. The van der Waals surface area contributed by atoms with Crippen LogP contribution in [0.15, 0.2) is 72.8 Å². The Bertz CT molecular complexity index is 1780. The summed E-state index contributed by atoms with van der Waals surface area (Å²) >= 11 is 13.6. The highest BCUT2D eigenvalue weighted by molar-refractivity contribution is 6.37. The van der Waals surface area contributed by atoms with E-state index >= 15 is 0 Å². The molecule has 0 radical (unpaired) electrons. The summed E-state index contributed by atoms with van der Waals surface area (Å²) in [6, 6.07) is 19.1. The molecule has 0 bridgehead atoms. The molecular formula is C42H44Cl2F6N2O2. The van der Waals surface area contributed by atoms with E-state index in [2.05, 4.69) is 23.6 Å². The van der Waals surface area contributed by atoms with Crippen LogP contribution in [0.3, 0.4) is 0 Å². The maximum Gasteiger partial charge on any atom is 0.419 e. The third-order valence-electron chi connectivity index (χ3n) is 10.6.